The topological polar surface area (TPSA) is 64.1 Å². The van der Waals surface area contributed by atoms with E-state index in [4.69, 9.17) is 4.74 Å². The van der Waals surface area contributed by atoms with Crippen LogP contribution in [0.25, 0.3) is 0 Å². The second kappa shape index (κ2) is 7.21. The lowest BCUT2D eigenvalue weighted by atomic mass is 10.1. The summed E-state index contributed by atoms with van der Waals surface area (Å²) >= 11 is 0. The average molecular weight is 339 g/mol. The Labute approximate surface area is 148 Å². The molecule has 1 aromatic carbocycles. The molecule has 3 rings (SSSR count). The van der Waals surface area contributed by atoms with E-state index in [1.54, 1.807) is 32.4 Å². The number of aromatic nitrogens is 2. The third-order valence-electron chi connectivity index (χ3n) is 4.50. The number of fused-ring (bicyclic) bond motifs is 1. The van der Waals surface area contributed by atoms with Crippen LogP contribution in [0.3, 0.4) is 0 Å². The fraction of sp³-hybridized carbons (Fsp3) is 0.450. The highest BCUT2D eigenvalue weighted by atomic mass is 16.5. The molecule has 0 bridgehead atoms. The van der Waals surface area contributed by atoms with E-state index in [-0.39, 0.29) is 11.9 Å². The lowest BCUT2D eigenvalue weighted by Crippen LogP contribution is -2.49. The number of carbonyl (C=O) groups is 1. The van der Waals surface area contributed by atoms with Gasteiger partial charge in [0, 0.05) is 31.1 Å². The Morgan fingerprint density at radius 3 is 2.84 bits per heavy atom. The first-order valence-corrected chi connectivity index (χ1v) is 8.81. The van der Waals surface area contributed by atoms with Gasteiger partial charge >= 0.3 is 0 Å². The van der Waals surface area contributed by atoms with E-state index in [9.17, 15) is 4.79 Å². The maximum Gasteiger partial charge on any atom is 0.263 e. The summed E-state index contributed by atoms with van der Waals surface area (Å²) in [7, 11) is 0. The van der Waals surface area contributed by atoms with Gasteiger partial charge in [0.15, 0.2) is 5.60 Å². The van der Waals surface area contributed by atoms with Crippen LogP contribution >= 0.6 is 0 Å². The molecule has 0 unspecified atom stereocenters. The smallest absolute Gasteiger partial charge is 0.263 e. The normalized spacial score (nSPS) is 14.7. The Balaban J connectivity index is 1.60. The van der Waals surface area contributed by atoms with Crippen molar-refractivity contribution in [2.75, 3.05) is 0 Å². The van der Waals surface area contributed by atoms with Gasteiger partial charge in [-0.15, -0.1) is 0 Å². The number of rotatable bonds is 6. The maximum atomic E-state index is 12.6. The fourth-order valence-electron chi connectivity index (χ4n) is 3.15. The molecule has 5 nitrogen and oxygen atoms in total. The predicted octanol–water partition coefficient (Wildman–Crippen LogP) is 2.87. The Hall–Kier alpha value is -2.43. The molecule has 1 amide bonds. The van der Waals surface area contributed by atoms with Crippen molar-refractivity contribution in [3.05, 3.63) is 53.6 Å². The molecule has 0 aliphatic heterocycles. The molecule has 1 heterocycles. The van der Waals surface area contributed by atoms with Crippen LogP contribution in [0.4, 0.5) is 0 Å². The number of ether oxygens (including phenoxy) is 1. The van der Waals surface area contributed by atoms with E-state index in [1.807, 2.05) is 13.0 Å². The highest BCUT2D eigenvalue weighted by Gasteiger charge is 2.31. The van der Waals surface area contributed by atoms with Crippen molar-refractivity contribution in [2.24, 2.45) is 0 Å². The van der Waals surface area contributed by atoms with Gasteiger partial charge in [-0.2, -0.15) is 0 Å². The van der Waals surface area contributed by atoms with Gasteiger partial charge in [0.1, 0.15) is 5.75 Å². The van der Waals surface area contributed by atoms with E-state index >= 15 is 0 Å². The lowest BCUT2D eigenvalue weighted by Gasteiger charge is -2.27. The van der Waals surface area contributed by atoms with E-state index in [1.165, 1.54) is 17.5 Å². The second-order valence-electron chi connectivity index (χ2n) is 7.17. The third kappa shape index (κ3) is 4.35. The van der Waals surface area contributed by atoms with Crippen molar-refractivity contribution in [2.45, 2.75) is 58.1 Å². The van der Waals surface area contributed by atoms with Gasteiger partial charge in [-0.1, -0.05) is 6.07 Å². The summed E-state index contributed by atoms with van der Waals surface area (Å²) in [6, 6.07) is 6.09. The van der Waals surface area contributed by atoms with Crippen LogP contribution < -0.4 is 10.1 Å². The molecule has 0 radical (unpaired) electrons. The van der Waals surface area contributed by atoms with Crippen LogP contribution in [-0.4, -0.2) is 27.5 Å². The summed E-state index contributed by atoms with van der Waals surface area (Å²) in [6.45, 7) is 5.55. The minimum atomic E-state index is -0.941. The number of amides is 1. The third-order valence-corrected chi connectivity index (χ3v) is 4.50. The van der Waals surface area contributed by atoms with Crippen LogP contribution in [0.5, 0.6) is 5.75 Å². The number of hydrogen-bond acceptors (Lipinski definition) is 4. The zero-order valence-electron chi connectivity index (χ0n) is 15.1. The van der Waals surface area contributed by atoms with Crippen molar-refractivity contribution >= 4 is 5.91 Å². The molecule has 0 fully saturated rings. The molecule has 0 spiro atoms. The van der Waals surface area contributed by atoms with E-state index < -0.39 is 5.60 Å². The van der Waals surface area contributed by atoms with Gasteiger partial charge in [0.25, 0.3) is 5.91 Å². The summed E-state index contributed by atoms with van der Waals surface area (Å²) in [5, 5.41) is 3.01. The molecule has 1 aliphatic rings. The summed E-state index contributed by atoms with van der Waals surface area (Å²) in [4.78, 5) is 20.9. The van der Waals surface area contributed by atoms with E-state index in [0.717, 1.165) is 24.3 Å². The number of hydrogen-bond donors (Lipinski definition) is 1. The van der Waals surface area contributed by atoms with Crippen LogP contribution in [0.15, 0.2) is 36.8 Å². The van der Waals surface area contributed by atoms with Crippen LogP contribution in [0.2, 0.25) is 0 Å². The van der Waals surface area contributed by atoms with Crippen molar-refractivity contribution in [1.29, 1.82) is 0 Å². The highest BCUT2D eigenvalue weighted by molar-refractivity contribution is 5.85. The monoisotopic (exact) mass is 339 g/mol. The molecule has 25 heavy (non-hydrogen) atoms. The zero-order valence-corrected chi connectivity index (χ0v) is 15.1. The molecule has 1 N–H and O–H groups in total. The molecule has 1 atom stereocenters. The fourth-order valence-corrected chi connectivity index (χ4v) is 3.15. The second-order valence-corrected chi connectivity index (χ2v) is 7.17. The van der Waals surface area contributed by atoms with Gasteiger partial charge in [0.2, 0.25) is 0 Å². The quantitative estimate of drug-likeness (QED) is 0.879. The van der Waals surface area contributed by atoms with Gasteiger partial charge < -0.3 is 10.1 Å². The number of aryl methyl sites for hydroxylation is 2. The Morgan fingerprint density at radius 1 is 1.28 bits per heavy atom. The highest BCUT2D eigenvalue weighted by Crippen LogP contribution is 2.28. The van der Waals surface area contributed by atoms with Crippen LogP contribution in [-0.2, 0) is 24.1 Å². The molecular weight excluding hydrogens is 314 g/mol. The standard InChI is InChI=1S/C20H25N3O2/c1-14(11-17-13-21-9-10-22-17)23-19(24)20(2,3)25-18-8-7-15-5-4-6-16(15)12-18/h7-10,12-14H,4-6,11H2,1-3H3,(H,23,24)/t14-/m0/s1. The van der Waals surface area contributed by atoms with Crippen molar-refractivity contribution in [3.63, 3.8) is 0 Å². The van der Waals surface area contributed by atoms with Crippen LogP contribution in [0, 0.1) is 0 Å². The molecule has 1 aliphatic carbocycles. The average Bonchev–Trinajstić information content (AvgIpc) is 3.03. The number of benzene rings is 1. The molecule has 132 valence electrons. The summed E-state index contributed by atoms with van der Waals surface area (Å²) in [5.74, 6) is 0.617. The van der Waals surface area contributed by atoms with Gasteiger partial charge in [-0.3, -0.25) is 14.8 Å². The first kappa shape index (κ1) is 17.4. The number of carbonyl (C=O) groups excluding carboxylic acids is 1. The maximum absolute atomic E-state index is 12.6. The number of nitrogens with one attached hydrogen (secondary N) is 1. The molecule has 0 saturated heterocycles. The van der Waals surface area contributed by atoms with Gasteiger partial charge in [-0.25, -0.2) is 0 Å². The molecule has 2 aromatic rings. The van der Waals surface area contributed by atoms with Gasteiger partial charge in [-0.05, 0) is 63.3 Å². The number of nitrogens with zero attached hydrogens (tertiary/aromatic N) is 2. The zero-order chi connectivity index (χ0) is 17.9. The molecule has 0 saturated carbocycles. The van der Waals surface area contributed by atoms with Gasteiger partial charge in [0.05, 0.1) is 5.69 Å². The SMILES string of the molecule is C[C@@H](Cc1cnccn1)NC(=O)C(C)(C)Oc1ccc2c(c1)CCC2. The minimum absolute atomic E-state index is 0.0490. The van der Waals surface area contributed by atoms with E-state index in [2.05, 4.69) is 27.4 Å². The van der Waals surface area contributed by atoms with Crippen molar-refractivity contribution < 1.29 is 9.53 Å². The summed E-state index contributed by atoms with van der Waals surface area (Å²) in [5.41, 5.74) is 2.65. The molecule has 5 heteroatoms. The molecular formula is C20H25N3O2. The minimum Gasteiger partial charge on any atom is -0.478 e. The van der Waals surface area contributed by atoms with E-state index in [0.29, 0.717) is 6.42 Å². The van der Waals surface area contributed by atoms with Crippen molar-refractivity contribution in [3.8, 4) is 5.75 Å². The lowest BCUT2D eigenvalue weighted by molar-refractivity contribution is -0.134. The first-order valence-electron chi connectivity index (χ1n) is 8.81. The largest absolute Gasteiger partial charge is 0.478 e. The predicted molar refractivity (Wildman–Crippen MR) is 96.5 cm³/mol. The summed E-state index contributed by atoms with van der Waals surface area (Å²) < 4.78 is 6.00. The van der Waals surface area contributed by atoms with Crippen LogP contribution in [0.1, 0.15) is 44.0 Å². The Kier molecular flexibility index (Phi) is 5.02. The molecule has 1 aromatic heterocycles. The van der Waals surface area contributed by atoms with Crippen molar-refractivity contribution in [1.82, 2.24) is 15.3 Å². The first-order chi connectivity index (χ1) is 11.9. The Morgan fingerprint density at radius 2 is 2.08 bits per heavy atom. The Bertz CT molecular complexity index is 744. The summed E-state index contributed by atoms with van der Waals surface area (Å²) in [6.07, 6.45) is 9.07.